The highest BCUT2D eigenvalue weighted by molar-refractivity contribution is 7.89. The van der Waals surface area contributed by atoms with Gasteiger partial charge in [0.15, 0.2) is 0 Å². The number of hydrogen-bond acceptors (Lipinski definition) is 3. The van der Waals surface area contributed by atoms with E-state index >= 15 is 0 Å². The molecular formula is C12H14N2O2S. The minimum absolute atomic E-state index is 0.139. The standard InChI is InChI=1S/C12H14N2O2S/c1-14(2)12-8-10(17(13,15)16)7-9-5-3-4-6-11(9)12/h3-8H,1-2H3,(H2,13,15,16). The van der Waals surface area contributed by atoms with Gasteiger partial charge in [0.1, 0.15) is 0 Å². The van der Waals surface area contributed by atoms with Gasteiger partial charge in [0.2, 0.25) is 10.0 Å². The van der Waals surface area contributed by atoms with Gasteiger partial charge in [-0.3, -0.25) is 0 Å². The zero-order valence-electron chi connectivity index (χ0n) is 9.71. The molecule has 17 heavy (non-hydrogen) atoms. The first kappa shape index (κ1) is 11.9. The van der Waals surface area contributed by atoms with Crippen molar-refractivity contribution < 1.29 is 8.42 Å². The molecule has 0 spiro atoms. The maximum Gasteiger partial charge on any atom is 0.238 e. The van der Waals surface area contributed by atoms with Gasteiger partial charge < -0.3 is 4.90 Å². The van der Waals surface area contributed by atoms with Crippen molar-refractivity contribution in [1.82, 2.24) is 0 Å². The number of benzene rings is 2. The van der Waals surface area contributed by atoms with Crippen LogP contribution in [-0.2, 0) is 10.0 Å². The summed E-state index contributed by atoms with van der Waals surface area (Å²) in [6, 6.07) is 10.8. The molecule has 90 valence electrons. The van der Waals surface area contributed by atoms with Crippen LogP contribution in [0.15, 0.2) is 41.3 Å². The van der Waals surface area contributed by atoms with Crippen molar-refractivity contribution in [1.29, 1.82) is 0 Å². The van der Waals surface area contributed by atoms with Gasteiger partial charge in [-0.25, -0.2) is 13.6 Å². The van der Waals surface area contributed by atoms with E-state index in [2.05, 4.69) is 0 Å². The molecule has 2 aromatic rings. The van der Waals surface area contributed by atoms with E-state index in [0.29, 0.717) is 0 Å². The van der Waals surface area contributed by atoms with Gasteiger partial charge in [-0.2, -0.15) is 0 Å². The first-order chi connectivity index (χ1) is 7.89. The Labute approximate surface area is 101 Å². The summed E-state index contributed by atoms with van der Waals surface area (Å²) in [5.41, 5.74) is 0.840. The highest BCUT2D eigenvalue weighted by Gasteiger charge is 2.12. The maximum absolute atomic E-state index is 11.4. The van der Waals surface area contributed by atoms with Crippen LogP contribution in [0.4, 0.5) is 5.69 Å². The Kier molecular flexibility index (Phi) is 2.81. The Morgan fingerprint density at radius 2 is 1.76 bits per heavy atom. The lowest BCUT2D eigenvalue weighted by atomic mass is 10.1. The molecule has 0 fully saturated rings. The van der Waals surface area contributed by atoms with E-state index in [1.807, 2.05) is 43.3 Å². The van der Waals surface area contributed by atoms with Crippen LogP contribution in [-0.4, -0.2) is 22.5 Å². The second-order valence-electron chi connectivity index (χ2n) is 4.10. The average molecular weight is 250 g/mol. The molecule has 0 aliphatic rings. The van der Waals surface area contributed by atoms with Crippen molar-refractivity contribution in [2.24, 2.45) is 5.14 Å². The van der Waals surface area contributed by atoms with Crippen LogP contribution in [0.25, 0.3) is 10.8 Å². The summed E-state index contributed by atoms with van der Waals surface area (Å²) in [5.74, 6) is 0. The predicted molar refractivity (Wildman–Crippen MR) is 69.6 cm³/mol. The normalized spacial score (nSPS) is 11.7. The van der Waals surface area contributed by atoms with E-state index in [9.17, 15) is 8.42 Å². The van der Waals surface area contributed by atoms with Gasteiger partial charge in [0.25, 0.3) is 0 Å². The number of sulfonamides is 1. The largest absolute Gasteiger partial charge is 0.377 e. The second-order valence-corrected chi connectivity index (χ2v) is 5.66. The molecule has 0 heterocycles. The minimum Gasteiger partial charge on any atom is -0.377 e. The van der Waals surface area contributed by atoms with E-state index in [-0.39, 0.29) is 4.90 Å². The monoisotopic (exact) mass is 250 g/mol. The summed E-state index contributed by atoms with van der Waals surface area (Å²) in [4.78, 5) is 2.01. The summed E-state index contributed by atoms with van der Waals surface area (Å²) in [5, 5.41) is 7.04. The van der Waals surface area contributed by atoms with Gasteiger partial charge in [-0.05, 0) is 17.5 Å². The van der Waals surface area contributed by atoms with Crippen LogP contribution >= 0.6 is 0 Å². The van der Waals surface area contributed by atoms with Gasteiger partial charge in [0.05, 0.1) is 4.90 Å². The molecule has 0 amide bonds. The third-order valence-corrected chi connectivity index (χ3v) is 3.52. The molecule has 0 aromatic heterocycles. The number of nitrogens with two attached hydrogens (primary N) is 1. The Balaban J connectivity index is 2.86. The van der Waals surface area contributed by atoms with Crippen LogP contribution in [0.2, 0.25) is 0 Å². The minimum atomic E-state index is -3.68. The molecule has 2 N–H and O–H groups in total. The molecule has 0 radical (unpaired) electrons. The average Bonchev–Trinajstić information content (AvgIpc) is 2.26. The summed E-state index contributed by atoms with van der Waals surface area (Å²) >= 11 is 0. The fraction of sp³-hybridized carbons (Fsp3) is 0.167. The van der Waals surface area contributed by atoms with E-state index in [1.165, 1.54) is 0 Å². The molecular weight excluding hydrogens is 236 g/mol. The summed E-state index contributed by atoms with van der Waals surface area (Å²) in [6.07, 6.45) is 0. The van der Waals surface area contributed by atoms with E-state index in [0.717, 1.165) is 16.5 Å². The number of hydrogen-bond donors (Lipinski definition) is 1. The Hall–Kier alpha value is -1.59. The molecule has 0 saturated heterocycles. The molecule has 0 aliphatic carbocycles. The fourth-order valence-electron chi connectivity index (χ4n) is 1.80. The van der Waals surface area contributed by atoms with Crippen LogP contribution in [0.1, 0.15) is 0 Å². The maximum atomic E-state index is 11.4. The van der Waals surface area contributed by atoms with Crippen LogP contribution in [0.3, 0.4) is 0 Å². The number of anilines is 1. The smallest absolute Gasteiger partial charge is 0.238 e. The molecule has 2 rings (SSSR count). The van der Waals surface area contributed by atoms with Gasteiger partial charge in [0, 0.05) is 25.2 Å². The second kappa shape index (κ2) is 4.01. The fourth-order valence-corrected chi connectivity index (χ4v) is 2.36. The zero-order chi connectivity index (χ0) is 12.6. The van der Waals surface area contributed by atoms with Gasteiger partial charge >= 0.3 is 0 Å². The first-order valence-corrected chi connectivity index (χ1v) is 6.67. The SMILES string of the molecule is CN(C)c1cc(S(N)(=O)=O)cc2ccccc12. The Bertz CT molecular complexity index is 663. The van der Waals surface area contributed by atoms with Crippen LogP contribution in [0, 0.1) is 0 Å². The summed E-state index contributed by atoms with van der Waals surface area (Å²) < 4.78 is 22.8. The third-order valence-electron chi connectivity index (χ3n) is 2.62. The van der Waals surface area contributed by atoms with E-state index in [1.54, 1.807) is 12.1 Å². The number of fused-ring (bicyclic) bond motifs is 1. The highest BCUT2D eigenvalue weighted by atomic mass is 32.2. The van der Waals surface area contributed by atoms with Crippen molar-refractivity contribution >= 4 is 26.5 Å². The summed E-state index contributed by atoms with van der Waals surface area (Å²) in [7, 11) is 0.0625. The zero-order valence-corrected chi connectivity index (χ0v) is 10.5. The van der Waals surface area contributed by atoms with Crippen molar-refractivity contribution in [2.75, 3.05) is 19.0 Å². The molecule has 0 saturated carbocycles. The summed E-state index contributed by atoms with van der Waals surface area (Å²) in [6.45, 7) is 0. The molecule has 0 bridgehead atoms. The van der Waals surface area contributed by atoms with Gasteiger partial charge in [-0.15, -0.1) is 0 Å². The highest BCUT2D eigenvalue weighted by Crippen LogP contribution is 2.28. The number of primary sulfonamides is 1. The molecule has 0 unspecified atom stereocenters. The first-order valence-electron chi connectivity index (χ1n) is 5.12. The predicted octanol–water partition coefficient (Wildman–Crippen LogP) is 1.55. The molecule has 0 aliphatic heterocycles. The topological polar surface area (TPSA) is 63.4 Å². The molecule has 4 nitrogen and oxygen atoms in total. The molecule has 5 heteroatoms. The molecule has 2 aromatic carbocycles. The lowest BCUT2D eigenvalue weighted by molar-refractivity contribution is 0.598. The Morgan fingerprint density at radius 1 is 1.12 bits per heavy atom. The lowest BCUT2D eigenvalue weighted by Crippen LogP contribution is -2.14. The number of rotatable bonds is 2. The third kappa shape index (κ3) is 2.25. The van der Waals surface area contributed by atoms with E-state index in [4.69, 9.17) is 5.14 Å². The van der Waals surface area contributed by atoms with Crippen molar-refractivity contribution in [2.45, 2.75) is 4.90 Å². The Morgan fingerprint density at radius 3 is 2.35 bits per heavy atom. The van der Waals surface area contributed by atoms with Crippen LogP contribution < -0.4 is 10.0 Å². The van der Waals surface area contributed by atoms with Gasteiger partial charge in [-0.1, -0.05) is 24.3 Å². The van der Waals surface area contributed by atoms with Crippen molar-refractivity contribution in [3.05, 3.63) is 36.4 Å². The van der Waals surface area contributed by atoms with Crippen molar-refractivity contribution in [3.8, 4) is 0 Å². The molecule has 0 atom stereocenters. The lowest BCUT2D eigenvalue weighted by Gasteiger charge is -2.16. The quantitative estimate of drug-likeness (QED) is 0.879. The van der Waals surface area contributed by atoms with Crippen molar-refractivity contribution in [3.63, 3.8) is 0 Å². The van der Waals surface area contributed by atoms with E-state index < -0.39 is 10.0 Å². The number of nitrogens with zero attached hydrogens (tertiary/aromatic N) is 1. The van der Waals surface area contributed by atoms with Crippen LogP contribution in [0.5, 0.6) is 0 Å².